The maximum Gasteiger partial charge on any atom is 0.261 e. The number of ether oxygens (including phenoxy) is 2. The van der Waals surface area contributed by atoms with Crippen LogP contribution in [0.1, 0.15) is 27.0 Å². The highest BCUT2D eigenvalue weighted by atomic mass is 32.2. The summed E-state index contributed by atoms with van der Waals surface area (Å²) in [5, 5.41) is 2.24. The normalized spacial score (nSPS) is 11.5. The van der Waals surface area contributed by atoms with Gasteiger partial charge in [-0.3, -0.25) is 4.79 Å². The van der Waals surface area contributed by atoms with Crippen LogP contribution in [-0.2, 0) is 0 Å². The van der Waals surface area contributed by atoms with Crippen LogP contribution in [0.5, 0.6) is 11.8 Å². The summed E-state index contributed by atoms with van der Waals surface area (Å²) in [6.45, 7) is 0. The number of anilines is 1. The van der Waals surface area contributed by atoms with Crippen molar-refractivity contribution in [2.24, 2.45) is 0 Å². The summed E-state index contributed by atoms with van der Waals surface area (Å²) in [6.07, 6.45) is 0. The van der Waals surface area contributed by atoms with E-state index < -0.39 is 23.1 Å². The first-order valence-electron chi connectivity index (χ1n) is 10.5. The van der Waals surface area contributed by atoms with E-state index >= 15 is 0 Å². The summed E-state index contributed by atoms with van der Waals surface area (Å²) in [5.74, 6) is -1.44. The fourth-order valence-corrected chi connectivity index (χ4v) is 4.38. The number of nitrogens with zero attached hydrogens (tertiary/aromatic N) is 2. The number of rotatable bonds is 8. The molecule has 0 spiro atoms. The van der Waals surface area contributed by atoms with Crippen LogP contribution in [0.25, 0.3) is 0 Å². The number of hydrogen-bond donors (Lipinski definition) is 1. The van der Waals surface area contributed by atoms with Gasteiger partial charge in [0.25, 0.3) is 5.91 Å². The van der Waals surface area contributed by atoms with Gasteiger partial charge in [0, 0.05) is 10.6 Å². The zero-order chi connectivity index (χ0) is 24.8. The fraction of sp³-hybridized carbons (Fsp3) is 0.115. The lowest BCUT2D eigenvalue weighted by molar-refractivity contribution is 0.101. The second-order valence-corrected chi connectivity index (χ2v) is 8.47. The van der Waals surface area contributed by atoms with Crippen molar-refractivity contribution in [3.05, 3.63) is 107 Å². The average molecular weight is 494 g/mol. The van der Waals surface area contributed by atoms with Crippen molar-refractivity contribution >= 4 is 23.4 Å². The molecule has 0 aliphatic heterocycles. The van der Waals surface area contributed by atoms with Crippen LogP contribution in [0.2, 0.25) is 0 Å². The topological polar surface area (TPSA) is 73.3 Å². The lowest BCUT2D eigenvalue weighted by atomic mass is 10.1. The number of carbonyl (C=O) groups is 1. The van der Waals surface area contributed by atoms with Crippen LogP contribution >= 0.6 is 11.8 Å². The molecule has 4 rings (SSSR count). The van der Waals surface area contributed by atoms with Gasteiger partial charge in [-0.1, -0.05) is 36.4 Å². The van der Waals surface area contributed by atoms with Gasteiger partial charge in [-0.15, -0.1) is 11.8 Å². The molecule has 0 unspecified atom stereocenters. The molecule has 1 N–H and O–H groups in total. The van der Waals surface area contributed by atoms with E-state index in [4.69, 9.17) is 9.47 Å². The number of carbonyl (C=O) groups excluding carboxylic acids is 1. The number of methoxy groups -OCH3 is 2. The Morgan fingerprint density at radius 3 is 2.03 bits per heavy atom. The van der Waals surface area contributed by atoms with E-state index in [1.807, 2.05) is 30.3 Å². The second kappa shape index (κ2) is 11.0. The SMILES string of the molecule is COc1cc(OC)nc([C@H](Sc2ccc(NC(=O)c3c(F)cccc3F)cc2)c2ccccc2)n1. The highest BCUT2D eigenvalue weighted by Crippen LogP contribution is 2.40. The molecule has 0 bridgehead atoms. The van der Waals surface area contributed by atoms with Gasteiger partial charge in [-0.2, -0.15) is 9.97 Å². The second-order valence-electron chi connectivity index (χ2n) is 7.29. The molecule has 0 aliphatic carbocycles. The Labute approximate surface area is 205 Å². The summed E-state index contributed by atoms with van der Waals surface area (Å²) in [4.78, 5) is 22.3. The molecule has 1 heterocycles. The summed E-state index contributed by atoms with van der Waals surface area (Å²) < 4.78 is 38.4. The molecule has 0 saturated carbocycles. The molecule has 1 atom stereocenters. The van der Waals surface area contributed by atoms with Gasteiger partial charge in [0.1, 0.15) is 17.2 Å². The number of halogens is 2. The molecule has 1 aromatic heterocycles. The Hall–Kier alpha value is -3.98. The smallest absolute Gasteiger partial charge is 0.261 e. The predicted molar refractivity (Wildman–Crippen MR) is 130 cm³/mol. The molecule has 1 amide bonds. The van der Waals surface area contributed by atoms with Gasteiger partial charge in [0.2, 0.25) is 11.8 Å². The number of aromatic nitrogens is 2. The maximum atomic E-state index is 13.9. The average Bonchev–Trinajstić information content (AvgIpc) is 2.88. The van der Waals surface area contributed by atoms with E-state index in [1.165, 1.54) is 32.0 Å². The molecule has 0 radical (unpaired) electrons. The van der Waals surface area contributed by atoms with Crippen LogP contribution in [0, 0.1) is 11.6 Å². The van der Waals surface area contributed by atoms with Gasteiger partial charge in [0.05, 0.1) is 25.5 Å². The molecule has 6 nitrogen and oxygen atoms in total. The van der Waals surface area contributed by atoms with E-state index in [-0.39, 0.29) is 5.25 Å². The first-order chi connectivity index (χ1) is 17.0. The molecule has 4 aromatic rings. The minimum absolute atomic E-state index is 0.284. The number of thioether (sulfide) groups is 1. The van der Waals surface area contributed by atoms with Crippen molar-refractivity contribution < 1.29 is 23.0 Å². The van der Waals surface area contributed by atoms with Crippen molar-refractivity contribution in [2.75, 3.05) is 19.5 Å². The fourth-order valence-electron chi connectivity index (χ4n) is 3.31. The van der Waals surface area contributed by atoms with E-state index in [1.54, 1.807) is 30.3 Å². The van der Waals surface area contributed by atoms with Gasteiger partial charge < -0.3 is 14.8 Å². The number of nitrogens with one attached hydrogen (secondary N) is 1. The predicted octanol–water partition coefficient (Wildman–Crippen LogP) is 5.91. The van der Waals surface area contributed by atoms with Gasteiger partial charge >= 0.3 is 0 Å². The Bertz CT molecular complexity index is 1280. The van der Waals surface area contributed by atoms with E-state index in [9.17, 15) is 13.6 Å². The summed E-state index contributed by atoms with van der Waals surface area (Å²) in [7, 11) is 3.05. The number of benzene rings is 3. The Morgan fingerprint density at radius 1 is 0.857 bits per heavy atom. The third-order valence-corrected chi connectivity index (χ3v) is 6.27. The molecule has 0 saturated heterocycles. The molecule has 178 valence electrons. The lowest BCUT2D eigenvalue weighted by Crippen LogP contribution is -2.15. The molecular weight excluding hydrogens is 472 g/mol. The molecule has 0 fully saturated rings. The zero-order valence-electron chi connectivity index (χ0n) is 18.9. The van der Waals surface area contributed by atoms with Crippen LogP contribution in [0.4, 0.5) is 14.5 Å². The minimum atomic E-state index is -0.922. The van der Waals surface area contributed by atoms with Gasteiger partial charge in [-0.05, 0) is 42.0 Å². The van der Waals surface area contributed by atoms with Crippen molar-refractivity contribution in [1.82, 2.24) is 9.97 Å². The number of amides is 1. The van der Waals surface area contributed by atoms with E-state index in [0.717, 1.165) is 22.6 Å². The quantitative estimate of drug-likeness (QED) is 0.308. The standard InChI is InChI=1S/C26H21F2N3O3S/c1-33-21-15-22(34-2)31-25(30-21)24(16-7-4-3-5-8-16)35-18-13-11-17(12-14-18)29-26(32)23-19(27)9-6-10-20(23)28/h3-15,24H,1-2H3,(H,29,32)/t24-/m1/s1. The van der Waals surface area contributed by atoms with Crippen LogP contribution in [-0.4, -0.2) is 30.1 Å². The van der Waals surface area contributed by atoms with Gasteiger partial charge in [0.15, 0.2) is 5.82 Å². The Balaban J connectivity index is 1.58. The van der Waals surface area contributed by atoms with E-state index in [2.05, 4.69) is 15.3 Å². The summed E-state index contributed by atoms with van der Waals surface area (Å²) in [5.41, 5.74) is 0.747. The summed E-state index contributed by atoms with van der Waals surface area (Å²) in [6, 6.07) is 21.5. The molecular formula is C26H21F2N3O3S. The highest BCUT2D eigenvalue weighted by Gasteiger charge is 2.22. The Morgan fingerprint density at radius 2 is 1.46 bits per heavy atom. The van der Waals surface area contributed by atoms with Gasteiger partial charge in [-0.25, -0.2) is 8.78 Å². The van der Waals surface area contributed by atoms with Crippen LogP contribution < -0.4 is 14.8 Å². The molecule has 35 heavy (non-hydrogen) atoms. The Kier molecular flexibility index (Phi) is 7.57. The van der Waals surface area contributed by atoms with Crippen molar-refractivity contribution in [1.29, 1.82) is 0 Å². The van der Waals surface area contributed by atoms with Crippen molar-refractivity contribution in [2.45, 2.75) is 10.1 Å². The monoisotopic (exact) mass is 493 g/mol. The number of hydrogen-bond acceptors (Lipinski definition) is 6. The zero-order valence-corrected chi connectivity index (χ0v) is 19.7. The minimum Gasteiger partial charge on any atom is -0.481 e. The third-order valence-electron chi connectivity index (χ3n) is 5.01. The largest absolute Gasteiger partial charge is 0.481 e. The van der Waals surface area contributed by atoms with Crippen molar-refractivity contribution in [3.63, 3.8) is 0 Å². The maximum absolute atomic E-state index is 13.9. The first kappa shape index (κ1) is 24.2. The van der Waals surface area contributed by atoms with E-state index in [0.29, 0.717) is 23.3 Å². The lowest BCUT2D eigenvalue weighted by Gasteiger charge is -2.17. The molecule has 9 heteroatoms. The van der Waals surface area contributed by atoms with Crippen molar-refractivity contribution in [3.8, 4) is 11.8 Å². The third kappa shape index (κ3) is 5.75. The first-order valence-corrected chi connectivity index (χ1v) is 11.4. The highest BCUT2D eigenvalue weighted by molar-refractivity contribution is 7.99. The molecule has 0 aliphatic rings. The van der Waals surface area contributed by atoms with Crippen LogP contribution in [0.15, 0.2) is 83.8 Å². The summed E-state index contributed by atoms with van der Waals surface area (Å²) >= 11 is 1.49. The molecule has 3 aromatic carbocycles. The van der Waals surface area contributed by atoms with Crippen LogP contribution in [0.3, 0.4) is 0 Å².